The number of fused-ring (bicyclic) bond motifs is 1. The Morgan fingerprint density at radius 3 is 2.00 bits per heavy atom. The van der Waals surface area contributed by atoms with E-state index in [0.29, 0.717) is 6.17 Å². The van der Waals surface area contributed by atoms with Gasteiger partial charge in [-0.1, -0.05) is 37.6 Å². The number of unbranched alkanes of at least 4 members (excludes halogenated alkanes) is 1. The molecular formula is C21H34N3O4P. The topological polar surface area (TPSA) is 64.1 Å². The maximum atomic E-state index is 10.7. The van der Waals surface area contributed by atoms with E-state index in [0.717, 1.165) is 5.52 Å². The molecule has 1 aliphatic rings. The molecule has 3 rings (SSSR count). The molecule has 0 atom stereocenters. The fourth-order valence-electron chi connectivity index (χ4n) is 2.73. The molecule has 8 heteroatoms. The summed E-state index contributed by atoms with van der Waals surface area (Å²) >= 11 is 0. The molecule has 0 unspecified atom stereocenters. The van der Waals surface area contributed by atoms with Gasteiger partial charge in [-0.05, 0) is 25.0 Å². The smallest absolute Gasteiger partial charge is 0.359 e. The Morgan fingerprint density at radius 1 is 0.966 bits per heavy atom. The summed E-state index contributed by atoms with van der Waals surface area (Å²) in [6.07, 6.45) is 10.6. The van der Waals surface area contributed by atoms with Crippen molar-refractivity contribution in [2.45, 2.75) is 32.4 Å². The summed E-state index contributed by atoms with van der Waals surface area (Å²) in [5.41, 5.74) is 1.06. The summed E-state index contributed by atoms with van der Waals surface area (Å²) < 4.78 is 23.7. The average molecular weight is 423 g/mol. The lowest BCUT2D eigenvalue weighted by Crippen LogP contribution is -2.33. The van der Waals surface area contributed by atoms with Gasteiger partial charge in [0.2, 0.25) is 0 Å². The Morgan fingerprint density at radius 2 is 1.52 bits per heavy atom. The highest BCUT2D eigenvalue weighted by Crippen LogP contribution is 2.46. The van der Waals surface area contributed by atoms with Crippen LogP contribution in [-0.4, -0.2) is 56.4 Å². The molecule has 0 aliphatic carbocycles. The van der Waals surface area contributed by atoms with Gasteiger partial charge >= 0.3 is 7.82 Å². The second-order valence-electron chi connectivity index (χ2n) is 6.44. The minimum absolute atomic E-state index is 0.606. The van der Waals surface area contributed by atoms with Gasteiger partial charge < -0.3 is 9.80 Å². The zero-order valence-corrected chi connectivity index (χ0v) is 19.2. The predicted octanol–water partition coefficient (Wildman–Crippen LogP) is 5.12. The average Bonchev–Trinajstić information content (AvgIpc) is 3.10. The van der Waals surface area contributed by atoms with Crippen molar-refractivity contribution in [3.63, 3.8) is 0 Å². The van der Waals surface area contributed by atoms with Gasteiger partial charge in [-0.15, -0.1) is 0 Å². The van der Waals surface area contributed by atoms with Crippen LogP contribution < -0.4 is 0 Å². The van der Waals surface area contributed by atoms with Crippen LogP contribution in [0.5, 0.6) is 0 Å². The van der Waals surface area contributed by atoms with E-state index < -0.39 is 7.82 Å². The molecule has 0 fully saturated rings. The van der Waals surface area contributed by atoms with Crippen LogP contribution in [0.25, 0.3) is 10.9 Å². The Hall–Kier alpha value is -1.92. The molecule has 1 aromatic heterocycles. The van der Waals surface area contributed by atoms with Crippen molar-refractivity contribution in [1.82, 2.24) is 14.8 Å². The summed E-state index contributed by atoms with van der Waals surface area (Å²) in [7, 11) is 4.89. The van der Waals surface area contributed by atoms with Crippen molar-refractivity contribution in [3.8, 4) is 0 Å². The summed E-state index contributed by atoms with van der Waals surface area (Å²) in [6.45, 7) is 2.24. The van der Waals surface area contributed by atoms with Gasteiger partial charge in [0.25, 0.3) is 0 Å². The van der Waals surface area contributed by atoms with E-state index >= 15 is 0 Å². The number of rotatable bonds is 6. The van der Waals surface area contributed by atoms with E-state index in [2.05, 4.69) is 73.9 Å². The lowest BCUT2D eigenvalue weighted by atomic mass is 10.2. The molecule has 0 spiro atoms. The number of nitrogens with zero attached hydrogens (tertiary/aromatic N) is 3. The summed E-state index contributed by atoms with van der Waals surface area (Å²) in [5.74, 6) is 0. The second kappa shape index (κ2) is 13.3. The van der Waals surface area contributed by atoms with Gasteiger partial charge in [0.1, 0.15) is 6.17 Å². The molecule has 0 amide bonds. The minimum atomic E-state index is -3.16. The molecule has 0 saturated carbocycles. The van der Waals surface area contributed by atoms with Gasteiger partial charge in [-0.25, -0.2) is 4.57 Å². The third-order valence-electron chi connectivity index (χ3n) is 4.48. The summed E-state index contributed by atoms with van der Waals surface area (Å²) in [4.78, 5) is 8.73. The Labute approximate surface area is 174 Å². The number of hydrogen-bond acceptors (Lipinski definition) is 7. The lowest BCUT2D eigenvalue weighted by molar-refractivity contribution is 0.178. The molecule has 7 nitrogen and oxygen atoms in total. The second-order valence-corrected chi connectivity index (χ2v) is 8.43. The van der Waals surface area contributed by atoms with Crippen LogP contribution in [0.1, 0.15) is 26.2 Å². The van der Waals surface area contributed by atoms with Crippen molar-refractivity contribution in [2.75, 3.05) is 35.4 Å². The SMILES string of the molecule is CCCCC1N(C)C=CN1C.COP(=O)(OC)OC.c1ccc2ncccc2c1. The highest BCUT2D eigenvalue weighted by Gasteiger charge is 2.19. The van der Waals surface area contributed by atoms with Crippen molar-refractivity contribution in [2.24, 2.45) is 0 Å². The van der Waals surface area contributed by atoms with Crippen LogP contribution in [0.2, 0.25) is 0 Å². The molecule has 162 valence electrons. The first kappa shape index (κ1) is 25.1. The van der Waals surface area contributed by atoms with Gasteiger partial charge in [-0.2, -0.15) is 0 Å². The molecule has 1 aromatic carbocycles. The molecule has 0 radical (unpaired) electrons. The molecule has 29 heavy (non-hydrogen) atoms. The normalized spacial score (nSPS) is 13.7. The van der Waals surface area contributed by atoms with Crippen LogP contribution in [0.3, 0.4) is 0 Å². The molecule has 2 heterocycles. The van der Waals surface area contributed by atoms with Crippen LogP contribution in [0.4, 0.5) is 0 Å². The predicted molar refractivity (Wildman–Crippen MR) is 118 cm³/mol. The van der Waals surface area contributed by atoms with Gasteiger partial charge in [0.05, 0.1) is 5.52 Å². The third kappa shape index (κ3) is 8.54. The maximum Gasteiger partial charge on any atom is 0.473 e. The minimum Gasteiger partial charge on any atom is -0.359 e. The highest BCUT2D eigenvalue weighted by atomic mass is 31.2. The van der Waals surface area contributed by atoms with E-state index in [1.165, 1.54) is 46.0 Å². The van der Waals surface area contributed by atoms with E-state index in [9.17, 15) is 4.57 Å². The number of phosphoric ester groups is 1. The van der Waals surface area contributed by atoms with Gasteiger partial charge in [0.15, 0.2) is 0 Å². The zero-order chi connectivity index (χ0) is 21.7. The fraction of sp³-hybridized carbons (Fsp3) is 0.476. The van der Waals surface area contributed by atoms with Crippen molar-refractivity contribution < 1.29 is 18.1 Å². The number of benzene rings is 1. The first-order chi connectivity index (χ1) is 13.9. The number of aromatic nitrogens is 1. The van der Waals surface area contributed by atoms with E-state index in [1.54, 1.807) is 0 Å². The highest BCUT2D eigenvalue weighted by molar-refractivity contribution is 7.48. The van der Waals surface area contributed by atoms with Crippen molar-refractivity contribution in [1.29, 1.82) is 0 Å². The summed E-state index contributed by atoms with van der Waals surface area (Å²) in [6, 6.07) is 12.1. The van der Waals surface area contributed by atoms with E-state index in [-0.39, 0.29) is 0 Å². The Kier molecular flexibility index (Phi) is 11.5. The molecule has 1 aliphatic heterocycles. The first-order valence-electron chi connectivity index (χ1n) is 9.60. The third-order valence-corrected chi connectivity index (χ3v) is 5.82. The standard InChI is InChI=1S/C9H18N2.C9H7N.C3H9O4P/c1-4-5-6-9-10(2)7-8-11(9)3;1-2-6-9-8(4-1)5-3-7-10-9;1-5-8(4,6-2)7-3/h7-9H,4-6H2,1-3H3;1-7H;1-3H3. The van der Waals surface area contributed by atoms with Crippen LogP contribution >= 0.6 is 7.82 Å². The number of pyridine rings is 1. The van der Waals surface area contributed by atoms with Gasteiger partial charge in [0, 0.05) is 59.4 Å². The largest absolute Gasteiger partial charge is 0.473 e. The zero-order valence-electron chi connectivity index (χ0n) is 18.3. The molecule has 0 bridgehead atoms. The Balaban J connectivity index is 0.000000221. The molecule has 2 aromatic rings. The lowest BCUT2D eigenvalue weighted by Gasteiger charge is -2.27. The van der Waals surface area contributed by atoms with Crippen molar-refractivity contribution >= 4 is 18.7 Å². The van der Waals surface area contributed by atoms with Gasteiger partial charge in [-0.3, -0.25) is 18.6 Å². The maximum absolute atomic E-state index is 10.7. The monoisotopic (exact) mass is 423 g/mol. The van der Waals surface area contributed by atoms with Crippen LogP contribution in [0, 0.1) is 0 Å². The van der Waals surface area contributed by atoms with E-state index in [4.69, 9.17) is 0 Å². The fourth-order valence-corrected chi connectivity index (χ4v) is 3.18. The van der Waals surface area contributed by atoms with E-state index in [1.807, 2.05) is 30.5 Å². The number of phosphoric acid groups is 1. The first-order valence-corrected chi connectivity index (χ1v) is 11.1. The molecule has 0 N–H and O–H groups in total. The molecular weight excluding hydrogens is 389 g/mol. The quantitative estimate of drug-likeness (QED) is 0.598. The van der Waals surface area contributed by atoms with Crippen molar-refractivity contribution in [3.05, 3.63) is 55.0 Å². The van der Waals surface area contributed by atoms with Crippen LogP contribution in [0.15, 0.2) is 55.0 Å². The Bertz CT molecular complexity index is 691. The number of para-hydroxylation sites is 1. The van der Waals surface area contributed by atoms with Crippen LogP contribution in [-0.2, 0) is 18.1 Å². The summed E-state index contributed by atoms with van der Waals surface area (Å²) in [5, 5.41) is 1.20. The molecule has 0 saturated heterocycles. The number of hydrogen-bond donors (Lipinski definition) is 0.